The average molecular weight is 568 g/mol. The minimum atomic E-state index is -1.13. The van der Waals surface area contributed by atoms with Gasteiger partial charge in [-0.05, 0) is 32.1 Å². The van der Waals surface area contributed by atoms with Crippen molar-refractivity contribution in [2.45, 2.75) is 199 Å². The summed E-state index contributed by atoms with van der Waals surface area (Å²) in [6, 6.07) is -0.809. The number of amides is 1. The third-order valence-electron chi connectivity index (χ3n) is 8.12. The Balaban J connectivity index is 3.69. The monoisotopic (exact) mass is 568 g/mol. The van der Waals surface area contributed by atoms with Gasteiger partial charge in [-0.2, -0.15) is 0 Å². The van der Waals surface area contributed by atoms with E-state index >= 15 is 0 Å². The largest absolute Gasteiger partial charge is 0.394 e. The van der Waals surface area contributed by atoms with Crippen LogP contribution in [0.2, 0.25) is 0 Å². The molecule has 3 atom stereocenters. The summed E-state index contributed by atoms with van der Waals surface area (Å²) in [5, 5.41) is 33.2. The van der Waals surface area contributed by atoms with Crippen molar-refractivity contribution in [1.29, 1.82) is 0 Å². The van der Waals surface area contributed by atoms with E-state index in [2.05, 4.69) is 31.3 Å². The molecule has 4 N–H and O–H groups in total. The maximum Gasteiger partial charge on any atom is 0.220 e. The van der Waals surface area contributed by atoms with Crippen LogP contribution in [0.15, 0.2) is 12.2 Å². The molecule has 0 heterocycles. The number of allylic oxidation sites excluding steroid dienone is 2. The maximum atomic E-state index is 12.3. The van der Waals surface area contributed by atoms with Gasteiger partial charge in [0.1, 0.15) is 6.10 Å². The van der Waals surface area contributed by atoms with Crippen LogP contribution in [0.5, 0.6) is 0 Å². The number of carbonyl (C=O) groups is 1. The third kappa shape index (κ3) is 26.0. The van der Waals surface area contributed by atoms with Crippen molar-refractivity contribution in [2.24, 2.45) is 0 Å². The molecule has 0 saturated carbocycles. The number of nitrogens with one attached hydrogen (secondary N) is 1. The lowest BCUT2D eigenvalue weighted by Crippen LogP contribution is -2.50. The van der Waals surface area contributed by atoms with Crippen LogP contribution >= 0.6 is 0 Å². The zero-order valence-corrected chi connectivity index (χ0v) is 26.7. The molecule has 0 saturated heterocycles. The van der Waals surface area contributed by atoms with Gasteiger partial charge in [0, 0.05) is 6.42 Å². The van der Waals surface area contributed by atoms with Gasteiger partial charge in [-0.15, -0.1) is 0 Å². The molecule has 3 unspecified atom stereocenters. The van der Waals surface area contributed by atoms with Crippen LogP contribution in [0.25, 0.3) is 0 Å². The molecule has 0 aromatic carbocycles. The molecule has 0 aromatic heterocycles. The number of hydrogen-bond acceptors (Lipinski definition) is 4. The molecule has 0 aromatic rings. The standard InChI is InChI=1S/C35H69NO4/c1-3-5-7-9-11-13-15-16-17-18-19-20-21-23-25-27-29-33(38)35(40)32(31-37)36-34(39)30-28-26-24-22-14-12-10-8-6-4-2/h10,12,32-33,35,37-38,40H,3-9,11,13-31H2,1-2H3,(H,36,39)/b12-10-. The summed E-state index contributed by atoms with van der Waals surface area (Å²) in [6.45, 7) is 4.11. The molecule has 1 amide bonds. The number of rotatable bonds is 31. The molecular weight excluding hydrogens is 498 g/mol. The molecule has 0 fully saturated rings. The molecule has 0 rings (SSSR count). The number of unbranched alkanes of at least 4 members (excludes halogenated alkanes) is 21. The highest BCUT2D eigenvalue weighted by Crippen LogP contribution is 2.16. The SMILES string of the molecule is CCCC/C=C\CCCCCCC(=O)NC(CO)C(O)C(O)CCCCCCCCCCCCCCCCCC. The highest BCUT2D eigenvalue weighted by molar-refractivity contribution is 5.76. The van der Waals surface area contributed by atoms with Crippen LogP contribution in [0.1, 0.15) is 181 Å². The predicted octanol–water partition coefficient (Wildman–Crippen LogP) is 8.92. The molecule has 0 spiro atoms. The molecular formula is C35H69NO4. The first-order valence-electron chi connectivity index (χ1n) is 17.5. The van der Waals surface area contributed by atoms with E-state index in [4.69, 9.17) is 0 Å². The number of aliphatic hydroxyl groups is 3. The molecule has 238 valence electrons. The minimum absolute atomic E-state index is 0.160. The van der Waals surface area contributed by atoms with Crippen LogP contribution in [-0.2, 0) is 4.79 Å². The second kappa shape index (κ2) is 31.0. The Hall–Kier alpha value is -0.910. The number of carbonyl (C=O) groups excluding carboxylic acids is 1. The van der Waals surface area contributed by atoms with E-state index in [1.807, 2.05) is 0 Å². The van der Waals surface area contributed by atoms with Crippen molar-refractivity contribution in [3.63, 3.8) is 0 Å². The lowest BCUT2D eigenvalue weighted by atomic mass is 9.99. The van der Waals surface area contributed by atoms with Crippen LogP contribution in [0.4, 0.5) is 0 Å². The Bertz CT molecular complexity index is 554. The topological polar surface area (TPSA) is 89.8 Å². The summed E-state index contributed by atoms with van der Waals surface area (Å²) in [7, 11) is 0. The predicted molar refractivity (Wildman–Crippen MR) is 172 cm³/mol. The maximum absolute atomic E-state index is 12.3. The van der Waals surface area contributed by atoms with Crippen molar-refractivity contribution in [1.82, 2.24) is 5.32 Å². The van der Waals surface area contributed by atoms with Gasteiger partial charge in [-0.3, -0.25) is 4.79 Å². The second-order valence-corrected chi connectivity index (χ2v) is 12.1. The van der Waals surface area contributed by atoms with Gasteiger partial charge in [-0.25, -0.2) is 0 Å². The smallest absolute Gasteiger partial charge is 0.220 e. The second-order valence-electron chi connectivity index (χ2n) is 12.1. The van der Waals surface area contributed by atoms with Crippen molar-refractivity contribution in [2.75, 3.05) is 6.61 Å². The Morgan fingerprint density at radius 1 is 0.600 bits per heavy atom. The summed E-state index contributed by atoms with van der Waals surface area (Å²) in [4.78, 5) is 12.3. The van der Waals surface area contributed by atoms with E-state index in [-0.39, 0.29) is 12.5 Å². The normalized spacial score (nSPS) is 14.0. The molecule has 0 aliphatic heterocycles. The zero-order valence-electron chi connectivity index (χ0n) is 26.7. The van der Waals surface area contributed by atoms with E-state index in [1.54, 1.807) is 0 Å². The fourth-order valence-corrected chi connectivity index (χ4v) is 5.32. The number of aliphatic hydroxyl groups excluding tert-OH is 3. The van der Waals surface area contributed by atoms with E-state index in [0.717, 1.165) is 51.4 Å². The van der Waals surface area contributed by atoms with Gasteiger partial charge >= 0.3 is 0 Å². The van der Waals surface area contributed by atoms with E-state index in [1.165, 1.54) is 103 Å². The fourth-order valence-electron chi connectivity index (χ4n) is 5.32. The van der Waals surface area contributed by atoms with Gasteiger partial charge in [0.15, 0.2) is 0 Å². The quantitative estimate of drug-likeness (QED) is 0.0497. The zero-order chi connectivity index (χ0) is 29.5. The fraction of sp³-hybridized carbons (Fsp3) is 0.914. The molecule has 5 nitrogen and oxygen atoms in total. The highest BCUT2D eigenvalue weighted by Gasteiger charge is 2.26. The van der Waals surface area contributed by atoms with Crippen LogP contribution in [-0.4, -0.2) is 46.1 Å². The van der Waals surface area contributed by atoms with Crippen LogP contribution < -0.4 is 5.32 Å². The van der Waals surface area contributed by atoms with Crippen molar-refractivity contribution < 1.29 is 20.1 Å². The summed E-state index contributed by atoms with van der Waals surface area (Å²) >= 11 is 0. The van der Waals surface area contributed by atoms with Crippen LogP contribution in [0, 0.1) is 0 Å². The summed E-state index contributed by atoms with van der Waals surface area (Å²) in [6.07, 6.45) is 33.0. The summed E-state index contributed by atoms with van der Waals surface area (Å²) in [5.74, 6) is -0.160. The minimum Gasteiger partial charge on any atom is -0.394 e. The lowest BCUT2D eigenvalue weighted by molar-refractivity contribution is -0.124. The van der Waals surface area contributed by atoms with Crippen LogP contribution in [0.3, 0.4) is 0 Å². The van der Waals surface area contributed by atoms with Crippen molar-refractivity contribution in [3.05, 3.63) is 12.2 Å². The molecule has 0 bridgehead atoms. The van der Waals surface area contributed by atoms with Gasteiger partial charge in [-0.1, -0.05) is 154 Å². The average Bonchev–Trinajstić information content (AvgIpc) is 2.96. The van der Waals surface area contributed by atoms with Gasteiger partial charge in [0.2, 0.25) is 5.91 Å². The molecule has 40 heavy (non-hydrogen) atoms. The number of hydrogen-bond donors (Lipinski definition) is 4. The van der Waals surface area contributed by atoms with Crippen molar-refractivity contribution >= 4 is 5.91 Å². The van der Waals surface area contributed by atoms with Gasteiger partial charge in [0.25, 0.3) is 0 Å². The Morgan fingerprint density at radius 3 is 1.52 bits per heavy atom. The van der Waals surface area contributed by atoms with E-state index in [9.17, 15) is 20.1 Å². The van der Waals surface area contributed by atoms with Gasteiger partial charge in [0.05, 0.1) is 18.8 Å². The molecule has 5 heteroatoms. The molecule has 0 aliphatic carbocycles. The highest BCUT2D eigenvalue weighted by atomic mass is 16.3. The Morgan fingerprint density at radius 2 is 1.02 bits per heavy atom. The van der Waals surface area contributed by atoms with Crippen molar-refractivity contribution in [3.8, 4) is 0 Å². The summed E-state index contributed by atoms with van der Waals surface area (Å²) in [5.41, 5.74) is 0. The first kappa shape index (κ1) is 39.1. The first-order valence-corrected chi connectivity index (χ1v) is 17.5. The molecule has 0 aliphatic rings. The molecule has 0 radical (unpaired) electrons. The Labute approximate surface area is 249 Å². The van der Waals surface area contributed by atoms with E-state index < -0.39 is 18.2 Å². The van der Waals surface area contributed by atoms with E-state index in [0.29, 0.717) is 12.8 Å². The third-order valence-corrected chi connectivity index (χ3v) is 8.12. The summed E-state index contributed by atoms with van der Waals surface area (Å²) < 4.78 is 0. The van der Waals surface area contributed by atoms with Gasteiger partial charge < -0.3 is 20.6 Å². The Kier molecular flexibility index (Phi) is 30.3. The first-order chi connectivity index (χ1) is 19.6. The lowest BCUT2D eigenvalue weighted by Gasteiger charge is -2.26.